The van der Waals surface area contributed by atoms with Crippen LogP contribution in [-0.2, 0) is 17.8 Å². The fourth-order valence-corrected chi connectivity index (χ4v) is 2.42. The van der Waals surface area contributed by atoms with Gasteiger partial charge in [-0.15, -0.1) is 0 Å². The molecule has 1 aromatic heterocycles. The molecule has 6 heteroatoms. The molecule has 1 aromatic carbocycles. The molecule has 0 saturated heterocycles. The van der Waals surface area contributed by atoms with Gasteiger partial charge in [0.2, 0.25) is 0 Å². The molecule has 0 atom stereocenters. The smallest absolute Gasteiger partial charge is 0.338 e. The van der Waals surface area contributed by atoms with Crippen LogP contribution in [-0.4, -0.2) is 23.1 Å². The Morgan fingerprint density at radius 1 is 1.00 bits per heavy atom. The van der Waals surface area contributed by atoms with Crippen molar-refractivity contribution in [1.29, 1.82) is 0 Å². The van der Waals surface area contributed by atoms with Crippen molar-refractivity contribution in [2.45, 2.75) is 13.1 Å². The van der Waals surface area contributed by atoms with E-state index in [1.165, 1.54) is 22.9 Å². The van der Waals surface area contributed by atoms with Gasteiger partial charge in [0.15, 0.2) is 0 Å². The lowest BCUT2D eigenvalue weighted by Gasteiger charge is -2.12. The summed E-state index contributed by atoms with van der Waals surface area (Å²) in [5, 5.41) is 2.76. The summed E-state index contributed by atoms with van der Waals surface area (Å²) in [4.78, 5) is 36.2. The van der Waals surface area contributed by atoms with Crippen LogP contribution in [0.15, 0.2) is 59.5 Å². The van der Waals surface area contributed by atoms with E-state index < -0.39 is 5.97 Å². The topological polar surface area (TPSA) is 77.4 Å². The van der Waals surface area contributed by atoms with Gasteiger partial charge in [-0.05, 0) is 23.8 Å². The van der Waals surface area contributed by atoms with Crippen molar-refractivity contribution in [3.8, 4) is 0 Å². The molecule has 0 fully saturated rings. The molecular formula is C18H16N2O4. The number of allylic oxidation sites excluding steroid dienone is 1. The number of cyclic esters (lactones) is 1. The Morgan fingerprint density at radius 3 is 2.71 bits per heavy atom. The van der Waals surface area contributed by atoms with Crippen LogP contribution in [0.4, 0.5) is 0 Å². The quantitative estimate of drug-likeness (QED) is 0.588. The summed E-state index contributed by atoms with van der Waals surface area (Å²) in [5.74, 6) is -0.759. The summed E-state index contributed by atoms with van der Waals surface area (Å²) >= 11 is 0. The number of hydrogen-bond donors (Lipinski definition) is 1. The van der Waals surface area contributed by atoms with Gasteiger partial charge in [0.05, 0.1) is 11.1 Å². The molecule has 1 amide bonds. The second-order valence-electron chi connectivity index (χ2n) is 5.32. The summed E-state index contributed by atoms with van der Waals surface area (Å²) < 4.78 is 6.62. The van der Waals surface area contributed by atoms with Crippen molar-refractivity contribution in [1.82, 2.24) is 9.88 Å². The van der Waals surface area contributed by atoms with Gasteiger partial charge in [0.1, 0.15) is 6.61 Å². The number of carbonyl (C=O) groups is 2. The first-order valence-electron chi connectivity index (χ1n) is 7.54. The average Bonchev–Trinajstić information content (AvgIpc) is 2.60. The Labute approximate surface area is 138 Å². The van der Waals surface area contributed by atoms with Crippen molar-refractivity contribution >= 4 is 11.9 Å². The Kier molecular flexibility index (Phi) is 4.56. The number of carbonyl (C=O) groups excluding carboxylic acids is 2. The van der Waals surface area contributed by atoms with Crippen molar-refractivity contribution in [2.24, 2.45) is 0 Å². The Hall–Kier alpha value is -3.15. The monoisotopic (exact) mass is 324 g/mol. The molecule has 6 nitrogen and oxygen atoms in total. The molecule has 3 rings (SSSR count). The lowest BCUT2D eigenvalue weighted by atomic mass is 10.1. The van der Waals surface area contributed by atoms with E-state index >= 15 is 0 Å². The minimum atomic E-state index is -0.447. The maximum atomic E-state index is 12.3. The molecule has 1 aliphatic rings. The fourth-order valence-electron chi connectivity index (χ4n) is 2.42. The van der Waals surface area contributed by atoms with Gasteiger partial charge in [-0.1, -0.05) is 24.3 Å². The molecule has 0 aliphatic carbocycles. The fraction of sp³-hybridized carbons (Fsp3) is 0.167. The molecule has 0 radical (unpaired) electrons. The van der Waals surface area contributed by atoms with Gasteiger partial charge < -0.3 is 14.6 Å². The van der Waals surface area contributed by atoms with E-state index in [0.717, 1.165) is 0 Å². The van der Waals surface area contributed by atoms with Gasteiger partial charge in [-0.3, -0.25) is 9.59 Å². The lowest BCUT2D eigenvalue weighted by molar-refractivity contribution is 0.0547. The molecule has 2 heterocycles. The standard InChI is InChI=1S/C18H16N2O4/c21-16-8-7-14-12-20(16)9-3-4-10-24-18(23)15-6-2-1-5-13(15)11-19-17(14)22/h1-8,12H,9-11H2,(H,19,22)/b4-3+. The third-order valence-electron chi connectivity index (χ3n) is 3.70. The first-order valence-corrected chi connectivity index (χ1v) is 7.54. The van der Waals surface area contributed by atoms with Gasteiger partial charge in [-0.25, -0.2) is 4.79 Å². The highest BCUT2D eigenvalue weighted by Gasteiger charge is 2.14. The molecule has 1 N–H and O–H groups in total. The van der Waals surface area contributed by atoms with Gasteiger partial charge >= 0.3 is 5.97 Å². The van der Waals surface area contributed by atoms with Crippen LogP contribution >= 0.6 is 0 Å². The van der Waals surface area contributed by atoms with E-state index in [1.807, 2.05) is 0 Å². The van der Waals surface area contributed by atoms with Crippen LogP contribution in [0.2, 0.25) is 0 Å². The summed E-state index contributed by atoms with van der Waals surface area (Å²) in [6.07, 6.45) is 4.91. The number of rotatable bonds is 0. The zero-order valence-electron chi connectivity index (χ0n) is 12.9. The summed E-state index contributed by atoms with van der Waals surface area (Å²) in [6, 6.07) is 9.82. The van der Waals surface area contributed by atoms with E-state index in [4.69, 9.17) is 4.74 Å². The number of nitrogens with one attached hydrogen (secondary N) is 1. The number of pyridine rings is 1. The van der Waals surface area contributed by atoms with Gasteiger partial charge in [0, 0.05) is 25.4 Å². The molecule has 2 bridgehead atoms. The first-order chi connectivity index (χ1) is 11.6. The van der Waals surface area contributed by atoms with Crippen LogP contribution in [0, 0.1) is 0 Å². The van der Waals surface area contributed by atoms with Crippen LogP contribution in [0.1, 0.15) is 26.3 Å². The third kappa shape index (κ3) is 3.43. The van der Waals surface area contributed by atoms with E-state index in [0.29, 0.717) is 23.2 Å². The van der Waals surface area contributed by atoms with Crippen LogP contribution < -0.4 is 10.9 Å². The molecule has 122 valence electrons. The number of fused-ring (bicyclic) bond motifs is 3. The molecule has 0 spiro atoms. The molecule has 1 aliphatic heterocycles. The van der Waals surface area contributed by atoms with Crippen molar-refractivity contribution in [3.63, 3.8) is 0 Å². The number of hydrogen-bond acceptors (Lipinski definition) is 4. The highest BCUT2D eigenvalue weighted by Crippen LogP contribution is 2.11. The number of ether oxygens (including phenoxy) is 1. The Balaban J connectivity index is 1.96. The number of esters is 1. The zero-order chi connectivity index (χ0) is 16.9. The lowest BCUT2D eigenvalue weighted by Crippen LogP contribution is -2.27. The molecule has 0 unspecified atom stereocenters. The summed E-state index contributed by atoms with van der Waals surface area (Å²) in [5.41, 5.74) is 1.28. The number of aromatic nitrogens is 1. The average molecular weight is 324 g/mol. The second kappa shape index (κ2) is 6.95. The van der Waals surface area contributed by atoms with Crippen molar-refractivity contribution in [2.75, 3.05) is 6.61 Å². The third-order valence-corrected chi connectivity index (χ3v) is 3.70. The van der Waals surface area contributed by atoms with Crippen LogP contribution in [0.25, 0.3) is 0 Å². The van der Waals surface area contributed by atoms with E-state index in [1.54, 1.807) is 36.4 Å². The normalized spacial score (nSPS) is 16.3. The van der Waals surface area contributed by atoms with E-state index in [-0.39, 0.29) is 24.6 Å². The number of nitrogens with zero attached hydrogens (tertiary/aromatic N) is 1. The van der Waals surface area contributed by atoms with Crippen molar-refractivity contribution < 1.29 is 14.3 Å². The predicted molar refractivity (Wildman–Crippen MR) is 87.7 cm³/mol. The van der Waals surface area contributed by atoms with E-state index in [9.17, 15) is 14.4 Å². The van der Waals surface area contributed by atoms with Crippen LogP contribution in [0.3, 0.4) is 0 Å². The summed E-state index contributed by atoms with van der Waals surface area (Å²) in [6.45, 7) is 0.612. The summed E-state index contributed by atoms with van der Waals surface area (Å²) in [7, 11) is 0. The van der Waals surface area contributed by atoms with Gasteiger partial charge in [-0.2, -0.15) is 0 Å². The maximum Gasteiger partial charge on any atom is 0.338 e. The Morgan fingerprint density at radius 2 is 1.83 bits per heavy atom. The second-order valence-corrected chi connectivity index (χ2v) is 5.32. The number of amides is 1. The zero-order valence-corrected chi connectivity index (χ0v) is 12.9. The molecule has 2 aromatic rings. The maximum absolute atomic E-state index is 12.3. The SMILES string of the molecule is O=C1NCc2ccccc2C(=O)OC/C=C/Cn2cc1ccc2=O. The van der Waals surface area contributed by atoms with Crippen LogP contribution in [0.5, 0.6) is 0 Å². The van der Waals surface area contributed by atoms with Crippen molar-refractivity contribution in [3.05, 3.63) is 81.8 Å². The Bertz CT molecular complexity index is 867. The minimum Gasteiger partial charge on any atom is -0.458 e. The van der Waals surface area contributed by atoms with Gasteiger partial charge in [0.25, 0.3) is 11.5 Å². The molecular weight excluding hydrogens is 308 g/mol. The first kappa shape index (κ1) is 15.7. The number of benzene rings is 1. The highest BCUT2D eigenvalue weighted by molar-refractivity contribution is 5.94. The molecule has 24 heavy (non-hydrogen) atoms. The largest absolute Gasteiger partial charge is 0.458 e. The highest BCUT2D eigenvalue weighted by atomic mass is 16.5. The van der Waals surface area contributed by atoms with E-state index in [2.05, 4.69) is 5.32 Å². The predicted octanol–water partition coefficient (Wildman–Crippen LogP) is 1.50. The minimum absolute atomic E-state index is 0.119. The molecule has 0 saturated carbocycles.